The summed E-state index contributed by atoms with van der Waals surface area (Å²) in [4.78, 5) is 2.51. The molecule has 1 aromatic heterocycles. The quantitative estimate of drug-likeness (QED) is 0.902. The fourth-order valence-electron chi connectivity index (χ4n) is 3.62. The monoisotopic (exact) mass is 264 g/mol. The molecular weight excluding hydrogens is 240 g/mol. The highest BCUT2D eigenvalue weighted by Gasteiger charge is 2.34. The standard InChI is InChI=1S/C14H24N4O/c1-10(2)17-8-4-6-12(17)14-16-15-13-7-3-5-11(9-19)18(13)14/h10-12,19H,3-9H2,1-2H3. The van der Waals surface area contributed by atoms with Crippen LogP contribution in [-0.2, 0) is 6.42 Å². The van der Waals surface area contributed by atoms with Crippen molar-refractivity contribution in [2.45, 2.75) is 64.1 Å². The number of rotatable bonds is 3. The van der Waals surface area contributed by atoms with Gasteiger partial charge in [-0.3, -0.25) is 4.90 Å². The van der Waals surface area contributed by atoms with Crippen molar-refractivity contribution in [1.29, 1.82) is 0 Å². The maximum Gasteiger partial charge on any atom is 0.150 e. The molecule has 106 valence electrons. The number of aliphatic hydroxyl groups excluding tert-OH is 1. The highest BCUT2D eigenvalue weighted by atomic mass is 16.3. The molecule has 2 unspecified atom stereocenters. The van der Waals surface area contributed by atoms with E-state index >= 15 is 0 Å². The molecule has 5 nitrogen and oxygen atoms in total. The van der Waals surface area contributed by atoms with Crippen LogP contribution >= 0.6 is 0 Å². The van der Waals surface area contributed by atoms with Crippen LogP contribution in [0.15, 0.2) is 0 Å². The molecule has 1 saturated heterocycles. The van der Waals surface area contributed by atoms with Crippen LogP contribution in [0.2, 0.25) is 0 Å². The van der Waals surface area contributed by atoms with Gasteiger partial charge >= 0.3 is 0 Å². The number of aryl methyl sites for hydroxylation is 1. The Morgan fingerprint density at radius 3 is 2.84 bits per heavy atom. The summed E-state index contributed by atoms with van der Waals surface area (Å²) in [6.07, 6.45) is 5.55. The van der Waals surface area contributed by atoms with Gasteiger partial charge in [0, 0.05) is 12.5 Å². The molecule has 0 radical (unpaired) electrons. The van der Waals surface area contributed by atoms with Gasteiger partial charge in [-0.2, -0.15) is 0 Å². The number of hydrogen-bond donors (Lipinski definition) is 1. The Morgan fingerprint density at radius 1 is 1.26 bits per heavy atom. The van der Waals surface area contributed by atoms with Crippen molar-refractivity contribution in [1.82, 2.24) is 19.7 Å². The molecular formula is C14H24N4O. The predicted molar refractivity (Wildman–Crippen MR) is 72.9 cm³/mol. The lowest BCUT2D eigenvalue weighted by atomic mass is 10.0. The van der Waals surface area contributed by atoms with Crippen LogP contribution in [0.5, 0.6) is 0 Å². The molecule has 1 fully saturated rings. The number of aliphatic hydroxyl groups is 1. The van der Waals surface area contributed by atoms with Gasteiger partial charge in [-0.25, -0.2) is 0 Å². The minimum absolute atomic E-state index is 0.184. The van der Waals surface area contributed by atoms with Crippen molar-refractivity contribution in [3.05, 3.63) is 11.6 Å². The summed E-state index contributed by atoms with van der Waals surface area (Å²) >= 11 is 0. The van der Waals surface area contributed by atoms with E-state index in [-0.39, 0.29) is 12.6 Å². The number of nitrogens with zero attached hydrogens (tertiary/aromatic N) is 4. The van der Waals surface area contributed by atoms with E-state index in [0.717, 1.165) is 43.9 Å². The molecule has 2 aliphatic heterocycles. The van der Waals surface area contributed by atoms with Crippen LogP contribution in [0.25, 0.3) is 0 Å². The maximum absolute atomic E-state index is 9.61. The zero-order valence-electron chi connectivity index (χ0n) is 11.9. The Balaban J connectivity index is 1.95. The van der Waals surface area contributed by atoms with Crippen LogP contribution in [0.4, 0.5) is 0 Å². The lowest BCUT2D eigenvalue weighted by Gasteiger charge is -2.31. The molecule has 1 aromatic rings. The zero-order chi connectivity index (χ0) is 13.4. The molecule has 0 saturated carbocycles. The summed E-state index contributed by atoms with van der Waals surface area (Å²) in [5.74, 6) is 2.15. The minimum atomic E-state index is 0.184. The maximum atomic E-state index is 9.61. The van der Waals surface area contributed by atoms with Gasteiger partial charge in [-0.05, 0) is 46.1 Å². The van der Waals surface area contributed by atoms with E-state index in [9.17, 15) is 5.11 Å². The van der Waals surface area contributed by atoms with Gasteiger partial charge in [0.2, 0.25) is 0 Å². The second kappa shape index (κ2) is 5.21. The Bertz CT molecular complexity index is 443. The molecule has 0 aliphatic carbocycles. The lowest BCUT2D eigenvalue weighted by molar-refractivity contribution is 0.172. The predicted octanol–water partition coefficient (Wildman–Crippen LogP) is 1.69. The molecule has 0 spiro atoms. The third kappa shape index (κ3) is 2.19. The first kappa shape index (κ1) is 13.1. The van der Waals surface area contributed by atoms with Gasteiger partial charge in [0.25, 0.3) is 0 Å². The van der Waals surface area contributed by atoms with E-state index < -0.39 is 0 Å². The van der Waals surface area contributed by atoms with Gasteiger partial charge in [-0.1, -0.05) is 0 Å². The van der Waals surface area contributed by atoms with Crippen LogP contribution in [-0.4, -0.2) is 44.0 Å². The largest absolute Gasteiger partial charge is 0.394 e. The fourth-order valence-corrected chi connectivity index (χ4v) is 3.62. The van der Waals surface area contributed by atoms with E-state index in [0.29, 0.717) is 12.1 Å². The second-order valence-corrected chi connectivity index (χ2v) is 6.06. The van der Waals surface area contributed by atoms with Gasteiger partial charge in [0.15, 0.2) is 5.82 Å². The Kier molecular flexibility index (Phi) is 3.58. The molecule has 1 N–H and O–H groups in total. The summed E-state index contributed by atoms with van der Waals surface area (Å²) in [6.45, 7) is 5.84. The lowest BCUT2D eigenvalue weighted by Crippen LogP contribution is -2.33. The minimum Gasteiger partial charge on any atom is -0.394 e. The van der Waals surface area contributed by atoms with Crippen molar-refractivity contribution >= 4 is 0 Å². The first-order valence-corrected chi connectivity index (χ1v) is 7.52. The Morgan fingerprint density at radius 2 is 2.11 bits per heavy atom. The highest BCUT2D eigenvalue weighted by molar-refractivity contribution is 5.08. The van der Waals surface area contributed by atoms with Crippen LogP contribution in [0, 0.1) is 0 Å². The van der Waals surface area contributed by atoms with E-state index in [1.807, 2.05) is 0 Å². The van der Waals surface area contributed by atoms with Crippen LogP contribution in [0.1, 0.15) is 63.3 Å². The first-order valence-electron chi connectivity index (χ1n) is 7.52. The Labute approximate surface area is 114 Å². The summed E-state index contributed by atoms with van der Waals surface area (Å²) < 4.78 is 2.23. The molecule has 0 bridgehead atoms. The summed E-state index contributed by atoms with van der Waals surface area (Å²) in [7, 11) is 0. The fraction of sp³-hybridized carbons (Fsp3) is 0.857. The first-order chi connectivity index (χ1) is 9.22. The smallest absolute Gasteiger partial charge is 0.150 e. The third-order valence-electron chi connectivity index (χ3n) is 4.56. The third-order valence-corrected chi connectivity index (χ3v) is 4.56. The molecule has 0 amide bonds. The van der Waals surface area contributed by atoms with Crippen molar-refractivity contribution < 1.29 is 5.11 Å². The zero-order valence-corrected chi connectivity index (χ0v) is 11.9. The van der Waals surface area contributed by atoms with E-state index in [4.69, 9.17) is 0 Å². The van der Waals surface area contributed by atoms with Gasteiger partial charge < -0.3 is 9.67 Å². The molecule has 0 aromatic carbocycles. The normalized spacial score (nSPS) is 28.0. The van der Waals surface area contributed by atoms with Crippen molar-refractivity contribution in [3.63, 3.8) is 0 Å². The molecule has 3 rings (SSSR count). The second-order valence-electron chi connectivity index (χ2n) is 6.06. The van der Waals surface area contributed by atoms with Gasteiger partial charge in [0.1, 0.15) is 5.82 Å². The van der Waals surface area contributed by atoms with Gasteiger partial charge in [0.05, 0.1) is 18.7 Å². The van der Waals surface area contributed by atoms with E-state index in [1.165, 1.54) is 6.42 Å². The summed E-state index contributed by atoms with van der Waals surface area (Å²) in [5.41, 5.74) is 0. The summed E-state index contributed by atoms with van der Waals surface area (Å²) in [6, 6.07) is 1.10. The van der Waals surface area contributed by atoms with Crippen molar-refractivity contribution in [3.8, 4) is 0 Å². The van der Waals surface area contributed by atoms with Gasteiger partial charge in [-0.15, -0.1) is 10.2 Å². The van der Waals surface area contributed by atoms with Crippen LogP contribution in [0.3, 0.4) is 0 Å². The molecule has 19 heavy (non-hydrogen) atoms. The molecule has 2 aliphatic rings. The summed E-state index contributed by atoms with van der Waals surface area (Å²) in [5, 5.41) is 18.4. The Hall–Kier alpha value is -0.940. The molecule has 2 atom stereocenters. The van der Waals surface area contributed by atoms with Crippen molar-refractivity contribution in [2.75, 3.05) is 13.2 Å². The van der Waals surface area contributed by atoms with E-state index in [1.54, 1.807) is 0 Å². The highest BCUT2D eigenvalue weighted by Crippen LogP contribution is 2.36. The number of fused-ring (bicyclic) bond motifs is 1. The molecule has 3 heterocycles. The average molecular weight is 264 g/mol. The topological polar surface area (TPSA) is 54.2 Å². The van der Waals surface area contributed by atoms with E-state index in [2.05, 4.69) is 33.5 Å². The average Bonchev–Trinajstić information content (AvgIpc) is 3.03. The number of likely N-dealkylation sites (tertiary alicyclic amines) is 1. The SMILES string of the molecule is CC(C)N1CCCC1c1nnc2n1C(CO)CCC2. The number of aromatic nitrogens is 3. The molecule has 5 heteroatoms. The van der Waals surface area contributed by atoms with Crippen LogP contribution < -0.4 is 0 Å². The van der Waals surface area contributed by atoms with Crippen molar-refractivity contribution in [2.24, 2.45) is 0 Å². The number of hydrogen-bond acceptors (Lipinski definition) is 4.